The van der Waals surface area contributed by atoms with Crippen molar-refractivity contribution >= 4 is 10.0 Å². The largest absolute Gasteiger partial charge is 0.337 e. The van der Waals surface area contributed by atoms with Crippen molar-refractivity contribution in [3.05, 3.63) is 30.7 Å². The third-order valence-electron chi connectivity index (χ3n) is 2.66. The zero-order chi connectivity index (χ0) is 13.7. The Kier molecular flexibility index (Phi) is 4.33. The van der Waals surface area contributed by atoms with Crippen molar-refractivity contribution in [1.82, 2.24) is 24.2 Å². The lowest BCUT2D eigenvalue weighted by Crippen LogP contribution is -2.25. The maximum atomic E-state index is 11.8. The van der Waals surface area contributed by atoms with E-state index in [0.29, 0.717) is 12.4 Å². The molecule has 2 aromatic rings. The van der Waals surface area contributed by atoms with E-state index in [1.807, 2.05) is 10.8 Å². The lowest BCUT2D eigenvalue weighted by molar-refractivity contribution is 0.563. The molecule has 0 radical (unpaired) electrons. The van der Waals surface area contributed by atoms with Crippen molar-refractivity contribution in [3.63, 3.8) is 0 Å². The molecule has 8 heteroatoms. The second-order valence-corrected chi connectivity index (χ2v) is 5.97. The lowest BCUT2D eigenvalue weighted by atomic mass is 10.3. The molecule has 0 aliphatic carbocycles. The molecule has 104 valence electrons. The molecule has 0 bridgehead atoms. The van der Waals surface area contributed by atoms with E-state index in [1.54, 1.807) is 19.4 Å². The van der Waals surface area contributed by atoms with Gasteiger partial charge < -0.3 is 9.55 Å². The highest BCUT2D eigenvalue weighted by Gasteiger charge is 2.15. The number of nitrogens with one attached hydrogen (secondary N) is 2. The van der Waals surface area contributed by atoms with Gasteiger partial charge in [-0.2, -0.15) is 0 Å². The predicted octanol–water partition coefficient (Wildman–Crippen LogP) is 0.673. The number of aryl methyl sites for hydroxylation is 2. The van der Waals surface area contributed by atoms with Crippen molar-refractivity contribution in [2.24, 2.45) is 0 Å². The first kappa shape index (κ1) is 13.8. The van der Waals surface area contributed by atoms with Crippen LogP contribution in [0.1, 0.15) is 18.7 Å². The summed E-state index contributed by atoms with van der Waals surface area (Å²) in [7, 11) is -3.46. The topological polar surface area (TPSA) is 92.7 Å². The van der Waals surface area contributed by atoms with E-state index >= 15 is 0 Å². The molecule has 0 atom stereocenters. The summed E-state index contributed by atoms with van der Waals surface area (Å²) in [6.45, 7) is 2.96. The zero-order valence-corrected chi connectivity index (χ0v) is 11.5. The molecular weight excluding hydrogens is 266 g/mol. The Balaban J connectivity index is 1.73. The summed E-state index contributed by atoms with van der Waals surface area (Å²) < 4.78 is 28.2. The first-order chi connectivity index (χ1) is 9.08. The number of aromatic nitrogens is 4. The van der Waals surface area contributed by atoms with Gasteiger partial charge in [0.15, 0.2) is 5.03 Å². The minimum absolute atomic E-state index is 0.111. The molecule has 0 aliphatic rings. The van der Waals surface area contributed by atoms with Crippen LogP contribution in [0, 0.1) is 6.92 Å². The molecule has 0 spiro atoms. The van der Waals surface area contributed by atoms with E-state index in [-0.39, 0.29) is 5.03 Å². The Morgan fingerprint density at radius 3 is 2.89 bits per heavy atom. The number of imidazole rings is 2. The molecule has 0 amide bonds. The zero-order valence-electron chi connectivity index (χ0n) is 10.7. The fourth-order valence-corrected chi connectivity index (χ4v) is 2.70. The van der Waals surface area contributed by atoms with Gasteiger partial charge in [0.1, 0.15) is 5.82 Å². The van der Waals surface area contributed by atoms with Crippen molar-refractivity contribution in [3.8, 4) is 0 Å². The van der Waals surface area contributed by atoms with E-state index < -0.39 is 10.0 Å². The number of hydrogen-bond acceptors (Lipinski definition) is 4. The average Bonchev–Trinajstić information content (AvgIpc) is 3.00. The molecule has 0 aliphatic heterocycles. The molecule has 0 saturated heterocycles. The van der Waals surface area contributed by atoms with Crippen molar-refractivity contribution in [1.29, 1.82) is 0 Å². The summed E-state index contributed by atoms with van der Waals surface area (Å²) in [6.07, 6.45) is 8.34. The number of H-pyrrole nitrogens is 1. The molecule has 2 heterocycles. The first-order valence-corrected chi connectivity index (χ1v) is 7.53. The standard InChI is InChI=1S/C11H17N5O2S/c1-10-13-8-11(15-10)19(17,18)14-4-2-3-6-16-7-5-12-9-16/h5,7-9,14H,2-4,6H2,1H3,(H,13,15). The van der Waals surface area contributed by atoms with Gasteiger partial charge in [-0.15, -0.1) is 0 Å². The molecule has 0 unspecified atom stereocenters. The van der Waals surface area contributed by atoms with Crippen LogP contribution in [-0.2, 0) is 16.6 Å². The third kappa shape index (κ3) is 3.90. The van der Waals surface area contributed by atoms with Crippen molar-refractivity contribution < 1.29 is 8.42 Å². The Hall–Kier alpha value is -1.67. The minimum atomic E-state index is -3.46. The number of sulfonamides is 1. The summed E-state index contributed by atoms with van der Waals surface area (Å²) in [5, 5.41) is 0.111. The van der Waals surface area contributed by atoms with E-state index in [1.165, 1.54) is 6.20 Å². The molecular formula is C11H17N5O2S. The molecule has 19 heavy (non-hydrogen) atoms. The average molecular weight is 283 g/mol. The van der Waals surface area contributed by atoms with Crippen LogP contribution >= 0.6 is 0 Å². The van der Waals surface area contributed by atoms with Gasteiger partial charge in [-0.3, -0.25) is 0 Å². The quantitative estimate of drug-likeness (QED) is 0.731. The van der Waals surface area contributed by atoms with Gasteiger partial charge in [-0.25, -0.2) is 23.1 Å². The van der Waals surface area contributed by atoms with Crippen LogP contribution in [0.2, 0.25) is 0 Å². The Morgan fingerprint density at radius 2 is 2.26 bits per heavy atom. The smallest absolute Gasteiger partial charge is 0.257 e. The van der Waals surface area contributed by atoms with Crippen LogP contribution in [-0.4, -0.2) is 34.5 Å². The molecule has 2 N–H and O–H groups in total. The van der Waals surface area contributed by atoms with E-state index in [9.17, 15) is 8.42 Å². The SMILES string of the molecule is Cc1ncc(S(=O)(=O)NCCCCn2ccnc2)[nH]1. The molecule has 0 saturated carbocycles. The van der Waals surface area contributed by atoms with Crippen LogP contribution in [0.4, 0.5) is 0 Å². The third-order valence-corrected chi connectivity index (χ3v) is 4.03. The number of unbranched alkanes of at least 4 members (excludes halogenated alkanes) is 1. The second kappa shape index (κ2) is 5.98. The van der Waals surface area contributed by atoms with E-state index in [0.717, 1.165) is 19.4 Å². The first-order valence-electron chi connectivity index (χ1n) is 6.05. The normalized spacial score (nSPS) is 11.8. The number of aromatic amines is 1. The minimum Gasteiger partial charge on any atom is -0.337 e. The lowest BCUT2D eigenvalue weighted by Gasteiger charge is -2.05. The summed E-state index contributed by atoms with van der Waals surface area (Å²) in [5.74, 6) is 0.584. The fraction of sp³-hybridized carbons (Fsp3) is 0.455. The van der Waals surface area contributed by atoms with Crippen LogP contribution in [0.5, 0.6) is 0 Å². The highest BCUT2D eigenvalue weighted by Crippen LogP contribution is 2.04. The number of nitrogens with zero attached hydrogens (tertiary/aromatic N) is 3. The second-order valence-electron chi connectivity index (χ2n) is 4.24. The number of hydrogen-bond donors (Lipinski definition) is 2. The van der Waals surface area contributed by atoms with Gasteiger partial charge in [-0.1, -0.05) is 0 Å². The maximum Gasteiger partial charge on any atom is 0.257 e. The van der Waals surface area contributed by atoms with Crippen LogP contribution in [0.15, 0.2) is 29.9 Å². The van der Waals surface area contributed by atoms with Gasteiger partial charge in [0.25, 0.3) is 10.0 Å². The number of rotatable bonds is 7. The highest BCUT2D eigenvalue weighted by molar-refractivity contribution is 7.89. The molecule has 7 nitrogen and oxygen atoms in total. The van der Waals surface area contributed by atoms with Crippen molar-refractivity contribution in [2.45, 2.75) is 31.3 Å². The van der Waals surface area contributed by atoms with Crippen LogP contribution in [0.3, 0.4) is 0 Å². The van der Waals surface area contributed by atoms with E-state index in [2.05, 4.69) is 19.7 Å². The van der Waals surface area contributed by atoms with Gasteiger partial charge in [0.2, 0.25) is 0 Å². The van der Waals surface area contributed by atoms with Crippen molar-refractivity contribution in [2.75, 3.05) is 6.54 Å². The Bertz CT molecular complexity index is 603. The van der Waals surface area contributed by atoms with Gasteiger partial charge in [0, 0.05) is 25.5 Å². The van der Waals surface area contributed by atoms with Crippen LogP contribution in [0.25, 0.3) is 0 Å². The fourth-order valence-electron chi connectivity index (χ4n) is 1.66. The van der Waals surface area contributed by atoms with E-state index in [4.69, 9.17) is 0 Å². The Morgan fingerprint density at radius 1 is 1.42 bits per heavy atom. The van der Waals surface area contributed by atoms with Gasteiger partial charge >= 0.3 is 0 Å². The van der Waals surface area contributed by atoms with Crippen LogP contribution < -0.4 is 4.72 Å². The summed E-state index contributed by atoms with van der Waals surface area (Å²) in [4.78, 5) is 10.5. The summed E-state index contributed by atoms with van der Waals surface area (Å²) >= 11 is 0. The molecule has 2 rings (SSSR count). The molecule has 0 fully saturated rings. The monoisotopic (exact) mass is 283 g/mol. The predicted molar refractivity (Wildman–Crippen MR) is 70.0 cm³/mol. The van der Waals surface area contributed by atoms with Gasteiger partial charge in [-0.05, 0) is 19.8 Å². The Labute approximate surface area is 112 Å². The summed E-state index contributed by atoms with van der Waals surface area (Å²) in [5.41, 5.74) is 0. The maximum absolute atomic E-state index is 11.8. The highest BCUT2D eigenvalue weighted by atomic mass is 32.2. The molecule has 2 aromatic heterocycles. The van der Waals surface area contributed by atoms with Gasteiger partial charge in [0.05, 0.1) is 12.5 Å². The summed E-state index contributed by atoms with van der Waals surface area (Å²) in [6, 6.07) is 0. The molecule has 0 aromatic carbocycles.